The summed E-state index contributed by atoms with van der Waals surface area (Å²) in [6, 6.07) is 0. The molecule has 15 heavy (non-hydrogen) atoms. The first-order valence-electron chi connectivity index (χ1n) is 5.21. The quantitative estimate of drug-likeness (QED) is 0.500. The van der Waals surface area contributed by atoms with E-state index < -0.39 is 0 Å². The Kier molecular flexibility index (Phi) is 11.1. The second-order valence-electron chi connectivity index (χ2n) is 4.02. The van der Waals surface area contributed by atoms with Crippen molar-refractivity contribution in [3.63, 3.8) is 0 Å². The van der Waals surface area contributed by atoms with Gasteiger partial charge in [0.25, 0.3) is 0 Å². The molecule has 0 aliphatic heterocycles. The van der Waals surface area contributed by atoms with Gasteiger partial charge in [0, 0.05) is 0 Å². The van der Waals surface area contributed by atoms with Gasteiger partial charge >= 0.3 is 26.2 Å². The molecule has 1 fully saturated rings. The van der Waals surface area contributed by atoms with Crippen molar-refractivity contribution >= 4 is 0 Å². The van der Waals surface area contributed by atoms with Crippen LogP contribution in [0, 0.1) is 12.0 Å². The predicted octanol–water partition coefficient (Wildman–Crippen LogP) is -2.35. The molecule has 0 atom stereocenters. The molecule has 0 unspecified atom stereocenters. The van der Waals surface area contributed by atoms with Crippen molar-refractivity contribution in [2.45, 2.75) is 44.9 Å². The van der Waals surface area contributed by atoms with Gasteiger partial charge in [0.15, 0.2) is 0 Å². The minimum Gasteiger partial charge on any atom is -1.00 e. The third-order valence-corrected chi connectivity index (χ3v) is 3.00. The van der Waals surface area contributed by atoms with Crippen LogP contribution in [0.3, 0.4) is 0 Å². The van der Waals surface area contributed by atoms with E-state index in [1.54, 1.807) is 0 Å². The van der Waals surface area contributed by atoms with E-state index in [1.807, 2.05) is 0 Å². The number of hydrogen-bond acceptors (Lipinski definition) is 0. The van der Waals surface area contributed by atoms with Crippen LogP contribution in [0.15, 0.2) is 17.7 Å². The van der Waals surface area contributed by atoms with E-state index in [1.165, 1.54) is 44.1 Å². The molecule has 0 amide bonds. The van der Waals surface area contributed by atoms with E-state index in [0.717, 1.165) is 12.3 Å². The number of hydrogen-bond donors (Lipinski definition) is 0. The largest absolute Gasteiger partial charge is 3.00 e. The van der Waals surface area contributed by atoms with Crippen LogP contribution in [0.5, 0.6) is 0 Å². The predicted molar refractivity (Wildman–Crippen MR) is 51.7 cm³/mol. The van der Waals surface area contributed by atoms with Gasteiger partial charge < -0.3 is 9.41 Å². The summed E-state index contributed by atoms with van der Waals surface area (Å²) in [5, 5.41) is 0. The van der Waals surface area contributed by atoms with Gasteiger partial charge in [-0.05, 0) is 5.92 Å². The molecule has 0 aromatic rings. The maximum Gasteiger partial charge on any atom is 3.00 e. The van der Waals surface area contributed by atoms with Crippen molar-refractivity contribution in [2.24, 2.45) is 5.92 Å². The fourth-order valence-electron chi connectivity index (χ4n) is 2.29. The molecule has 0 nitrogen and oxygen atoms in total. The molecule has 0 aromatic heterocycles. The second kappa shape index (κ2) is 9.45. The Morgan fingerprint density at radius 2 is 1.80 bits per heavy atom. The average Bonchev–Trinajstić information content (AvgIpc) is 2.59. The Morgan fingerprint density at radius 1 is 1.13 bits per heavy atom. The molecule has 3 heteroatoms. The summed E-state index contributed by atoms with van der Waals surface area (Å²) in [7, 11) is 0. The number of allylic oxidation sites excluding steroid dienone is 4. The molecular formula is C12H17F2Zr. The van der Waals surface area contributed by atoms with Gasteiger partial charge in [0.05, 0.1) is 0 Å². The summed E-state index contributed by atoms with van der Waals surface area (Å²) in [5.41, 5.74) is 1.47. The van der Waals surface area contributed by atoms with Crippen LogP contribution < -0.4 is 9.41 Å². The van der Waals surface area contributed by atoms with Gasteiger partial charge in [0.1, 0.15) is 0 Å². The first-order valence-corrected chi connectivity index (χ1v) is 5.21. The van der Waals surface area contributed by atoms with E-state index in [9.17, 15) is 0 Å². The molecule has 0 heterocycles. The Morgan fingerprint density at radius 3 is 2.33 bits per heavy atom. The van der Waals surface area contributed by atoms with Crippen LogP contribution in [0.2, 0.25) is 0 Å². The van der Waals surface area contributed by atoms with Crippen molar-refractivity contribution in [3.05, 3.63) is 23.8 Å². The van der Waals surface area contributed by atoms with Crippen molar-refractivity contribution in [3.8, 4) is 0 Å². The fraction of sp³-hybridized carbons (Fsp3) is 0.667. The molecule has 1 saturated carbocycles. The third-order valence-electron chi connectivity index (χ3n) is 3.00. The maximum absolute atomic E-state index is 3.41. The summed E-state index contributed by atoms with van der Waals surface area (Å²) < 4.78 is 0. The van der Waals surface area contributed by atoms with Crippen LogP contribution in [-0.4, -0.2) is 0 Å². The molecule has 1 radical (unpaired) electrons. The number of rotatable bonds is 2. The summed E-state index contributed by atoms with van der Waals surface area (Å²) in [6.07, 6.45) is 17.6. The van der Waals surface area contributed by atoms with Crippen LogP contribution in [0.1, 0.15) is 44.9 Å². The molecule has 0 saturated heterocycles. The minimum absolute atomic E-state index is 0. The molecule has 2 rings (SSSR count). The van der Waals surface area contributed by atoms with Crippen molar-refractivity contribution < 1.29 is 35.6 Å². The van der Waals surface area contributed by atoms with Gasteiger partial charge in [-0.1, -0.05) is 38.5 Å². The summed E-state index contributed by atoms with van der Waals surface area (Å²) in [5.74, 6) is 0.976. The van der Waals surface area contributed by atoms with Crippen LogP contribution in [0.25, 0.3) is 0 Å². The van der Waals surface area contributed by atoms with Gasteiger partial charge in [-0.15, -0.1) is 6.42 Å². The topological polar surface area (TPSA) is 0 Å². The number of halogens is 2. The first kappa shape index (κ1) is 17.6. The van der Waals surface area contributed by atoms with Crippen molar-refractivity contribution in [1.29, 1.82) is 0 Å². The van der Waals surface area contributed by atoms with Crippen LogP contribution >= 0.6 is 0 Å². The van der Waals surface area contributed by atoms with Gasteiger partial charge in [0.2, 0.25) is 0 Å². The Balaban J connectivity index is 0. The molecule has 0 bridgehead atoms. The molecule has 0 N–H and O–H groups in total. The van der Waals surface area contributed by atoms with Crippen LogP contribution in [0.4, 0.5) is 0 Å². The summed E-state index contributed by atoms with van der Waals surface area (Å²) in [4.78, 5) is 0. The van der Waals surface area contributed by atoms with Crippen LogP contribution in [-0.2, 0) is 26.2 Å². The molecule has 0 aromatic carbocycles. The zero-order valence-electron chi connectivity index (χ0n) is 8.94. The van der Waals surface area contributed by atoms with E-state index in [2.05, 4.69) is 18.2 Å². The Bertz CT molecular complexity index is 206. The van der Waals surface area contributed by atoms with Crippen molar-refractivity contribution in [2.75, 3.05) is 0 Å². The normalized spacial score (nSPS) is 19.6. The zero-order valence-corrected chi connectivity index (χ0v) is 11.4. The fourth-order valence-corrected chi connectivity index (χ4v) is 2.29. The van der Waals surface area contributed by atoms with Gasteiger partial charge in [-0.3, -0.25) is 6.08 Å². The Hall–Kier alpha value is 0.223. The van der Waals surface area contributed by atoms with Crippen molar-refractivity contribution in [1.82, 2.24) is 0 Å². The monoisotopic (exact) mass is 289 g/mol. The van der Waals surface area contributed by atoms with E-state index in [4.69, 9.17) is 0 Å². The molecule has 2 aliphatic rings. The van der Waals surface area contributed by atoms with E-state index in [0.29, 0.717) is 0 Å². The minimum atomic E-state index is 0. The Labute approximate surface area is 110 Å². The first-order chi connectivity index (χ1) is 5.95. The van der Waals surface area contributed by atoms with Gasteiger partial charge in [-0.25, -0.2) is 11.6 Å². The third kappa shape index (κ3) is 5.75. The molecular weight excluding hydrogens is 273 g/mol. The molecule has 2 aliphatic carbocycles. The standard InChI is InChI=1S/C12H17.2FH.Zr/c1-2-6-11(7-3-1)10-12-8-4-5-9-12;;;/h4,8,11H,1-3,5-7,10H2;2*1H;/q-1;;;+3/p-2. The summed E-state index contributed by atoms with van der Waals surface area (Å²) >= 11 is 0. The van der Waals surface area contributed by atoms with Gasteiger partial charge in [-0.2, -0.15) is 6.08 Å². The smallest absolute Gasteiger partial charge is 1.00 e. The van der Waals surface area contributed by atoms with E-state index >= 15 is 0 Å². The zero-order chi connectivity index (χ0) is 8.23. The summed E-state index contributed by atoms with van der Waals surface area (Å²) in [6.45, 7) is 0. The molecule has 0 spiro atoms. The second-order valence-corrected chi connectivity index (χ2v) is 4.02. The maximum atomic E-state index is 3.41. The van der Waals surface area contributed by atoms with E-state index in [-0.39, 0.29) is 35.6 Å². The molecule has 83 valence electrons. The average molecular weight is 290 g/mol. The SMILES string of the molecule is [C-]1=C(CC2CCCCC2)C=CC1.[F-].[F-].[Zr+3].